The second-order valence-electron chi connectivity index (χ2n) is 5.71. The molecule has 0 aliphatic heterocycles. The number of hydrogen-bond acceptors (Lipinski definition) is 4. The number of benzene rings is 1. The molecule has 2 N–H and O–H groups in total. The molecule has 0 radical (unpaired) electrons. The Bertz CT molecular complexity index is 827. The number of H-pyrrole nitrogens is 1. The van der Waals surface area contributed by atoms with Crippen molar-refractivity contribution in [3.63, 3.8) is 0 Å². The molecule has 0 aliphatic carbocycles. The Morgan fingerprint density at radius 2 is 2.04 bits per heavy atom. The summed E-state index contributed by atoms with van der Waals surface area (Å²) in [5, 5.41) is 11.6. The molecule has 1 aromatic heterocycles. The van der Waals surface area contributed by atoms with E-state index in [4.69, 9.17) is 5.26 Å². The van der Waals surface area contributed by atoms with Gasteiger partial charge in [0.15, 0.2) is 0 Å². The van der Waals surface area contributed by atoms with E-state index in [2.05, 4.69) is 24.1 Å². The molecule has 0 bridgehead atoms. The van der Waals surface area contributed by atoms with Gasteiger partial charge in [0, 0.05) is 24.7 Å². The van der Waals surface area contributed by atoms with Gasteiger partial charge in [0.1, 0.15) is 5.82 Å². The standard InChI is InChI=1S/C18H22N4O2/c1-3-14-11-15(8-7-13(14)2)20-16-12-17(23)22(18(24)21-16)10-6-4-5-9-19/h7-8,11-12,20H,3-6,10H2,1-2H3,(H,21,24). The first kappa shape index (κ1) is 17.5. The van der Waals surface area contributed by atoms with E-state index in [0.29, 0.717) is 31.6 Å². The maximum atomic E-state index is 12.1. The van der Waals surface area contributed by atoms with Crippen molar-refractivity contribution in [2.24, 2.45) is 0 Å². The lowest BCUT2D eigenvalue weighted by Crippen LogP contribution is -2.35. The Morgan fingerprint density at radius 3 is 2.71 bits per heavy atom. The highest BCUT2D eigenvalue weighted by molar-refractivity contribution is 5.57. The summed E-state index contributed by atoms with van der Waals surface area (Å²) < 4.78 is 1.16. The van der Waals surface area contributed by atoms with Gasteiger partial charge in [0.2, 0.25) is 0 Å². The largest absolute Gasteiger partial charge is 0.342 e. The predicted octanol–water partition coefficient (Wildman–Crippen LogP) is 2.84. The summed E-state index contributed by atoms with van der Waals surface area (Å²) in [6.07, 6.45) is 2.65. The zero-order valence-electron chi connectivity index (χ0n) is 14.1. The highest BCUT2D eigenvalue weighted by Gasteiger charge is 2.05. The van der Waals surface area contributed by atoms with Crippen molar-refractivity contribution in [3.8, 4) is 6.07 Å². The Kier molecular flexibility index (Phi) is 5.96. The van der Waals surface area contributed by atoms with Crippen LogP contribution in [0, 0.1) is 18.3 Å². The first-order chi connectivity index (χ1) is 11.5. The summed E-state index contributed by atoms with van der Waals surface area (Å²) in [6.45, 7) is 4.46. The van der Waals surface area contributed by atoms with Crippen molar-refractivity contribution in [2.45, 2.75) is 46.1 Å². The Balaban J connectivity index is 2.17. The third kappa shape index (κ3) is 4.35. The minimum absolute atomic E-state index is 0.320. The smallest absolute Gasteiger partial charge is 0.329 e. The van der Waals surface area contributed by atoms with E-state index in [-0.39, 0.29) is 5.56 Å². The normalized spacial score (nSPS) is 10.4. The number of aromatic amines is 1. The highest BCUT2D eigenvalue weighted by Crippen LogP contribution is 2.18. The molecule has 0 amide bonds. The number of nitrogens with zero attached hydrogens (tertiary/aromatic N) is 2. The van der Waals surface area contributed by atoms with Crippen molar-refractivity contribution in [1.29, 1.82) is 5.26 Å². The summed E-state index contributed by atoms with van der Waals surface area (Å²) in [4.78, 5) is 26.9. The predicted molar refractivity (Wildman–Crippen MR) is 94.6 cm³/mol. The van der Waals surface area contributed by atoms with Crippen LogP contribution in [0.5, 0.6) is 0 Å². The summed E-state index contributed by atoms with van der Waals surface area (Å²) in [6, 6.07) is 9.38. The topological polar surface area (TPSA) is 90.7 Å². The summed E-state index contributed by atoms with van der Waals surface area (Å²) in [5.74, 6) is 0.379. The van der Waals surface area contributed by atoms with E-state index in [9.17, 15) is 9.59 Å². The Morgan fingerprint density at radius 1 is 1.25 bits per heavy atom. The van der Waals surface area contributed by atoms with Gasteiger partial charge < -0.3 is 5.32 Å². The number of rotatable bonds is 7. The molecule has 0 spiro atoms. The lowest BCUT2D eigenvalue weighted by Gasteiger charge is -2.11. The van der Waals surface area contributed by atoms with Crippen molar-refractivity contribution >= 4 is 11.5 Å². The first-order valence-electron chi connectivity index (χ1n) is 8.12. The second kappa shape index (κ2) is 8.16. The Labute approximate surface area is 140 Å². The van der Waals surface area contributed by atoms with E-state index >= 15 is 0 Å². The van der Waals surface area contributed by atoms with Gasteiger partial charge in [-0.1, -0.05) is 13.0 Å². The molecule has 126 valence electrons. The summed E-state index contributed by atoms with van der Waals surface area (Å²) in [5.41, 5.74) is 2.47. The van der Waals surface area contributed by atoms with Crippen molar-refractivity contribution in [2.75, 3.05) is 5.32 Å². The van der Waals surface area contributed by atoms with Crippen LogP contribution >= 0.6 is 0 Å². The third-order valence-electron chi connectivity index (χ3n) is 3.95. The number of aromatic nitrogens is 2. The SMILES string of the molecule is CCc1cc(Nc2cc(=O)n(CCCCC#N)c(=O)[nH]2)ccc1C. The second-order valence-corrected chi connectivity index (χ2v) is 5.71. The van der Waals surface area contributed by atoms with Gasteiger partial charge in [-0.15, -0.1) is 0 Å². The molecule has 1 aromatic carbocycles. The number of unbranched alkanes of at least 4 members (excludes halogenated alkanes) is 2. The van der Waals surface area contributed by atoms with Crippen molar-refractivity contribution < 1.29 is 0 Å². The van der Waals surface area contributed by atoms with Gasteiger partial charge in [0.05, 0.1) is 6.07 Å². The summed E-state index contributed by atoms with van der Waals surface area (Å²) >= 11 is 0. The molecule has 2 rings (SSSR count). The van der Waals surface area contributed by atoms with Crippen LogP contribution in [0.2, 0.25) is 0 Å². The summed E-state index contributed by atoms with van der Waals surface area (Å²) in [7, 11) is 0. The molecule has 1 heterocycles. The number of nitriles is 1. The van der Waals surface area contributed by atoms with Crippen LogP contribution in [0.1, 0.15) is 37.3 Å². The van der Waals surface area contributed by atoms with Gasteiger partial charge >= 0.3 is 5.69 Å². The number of nitrogens with one attached hydrogen (secondary N) is 2. The number of aryl methyl sites for hydroxylation is 2. The van der Waals surface area contributed by atoms with E-state index < -0.39 is 5.69 Å². The van der Waals surface area contributed by atoms with E-state index in [1.807, 2.05) is 24.3 Å². The number of hydrogen-bond donors (Lipinski definition) is 2. The van der Waals surface area contributed by atoms with E-state index in [1.54, 1.807) is 0 Å². The number of anilines is 2. The monoisotopic (exact) mass is 326 g/mol. The minimum atomic E-state index is -0.440. The molecule has 0 saturated carbocycles. The quantitative estimate of drug-likeness (QED) is 0.765. The van der Waals surface area contributed by atoms with Crippen LogP contribution in [0.15, 0.2) is 33.9 Å². The van der Waals surface area contributed by atoms with Crippen LogP contribution in [0.3, 0.4) is 0 Å². The molecular weight excluding hydrogens is 304 g/mol. The third-order valence-corrected chi connectivity index (χ3v) is 3.95. The molecule has 0 saturated heterocycles. The molecule has 24 heavy (non-hydrogen) atoms. The maximum Gasteiger partial charge on any atom is 0.329 e. The van der Waals surface area contributed by atoms with E-state index in [1.165, 1.54) is 17.2 Å². The molecule has 6 heteroatoms. The Hall–Kier alpha value is -2.81. The fourth-order valence-corrected chi connectivity index (χ4v) is 2.56. The molecule has 0 aliphatic rings. The van der Waals surface area contributed by atoms with Gasteiger partial charge in [0.25, 0.3) is 5.56 Å². The molecule has 2 aromatic rings. The van der Waals surface area contributed by atoms with Crippen LogP contribution in [-0.4, -0.2) is 9.55 Å². The minimum Gasteiger partial charge on any atom is -0.342 e. The van der Waals surface area contributed by atoms with Crippen LogP contribution in [-0.2, 0) is 13.0 Å². The van der Waals surface area contributed by atoms with Crippen LogP contribution in [0.4, 0.5) is 11.5 Å². The lowest BCUT2D eigenvalue weighted by molar-refractivity contribution is 0.573. The fraction of sp³-hybridized carbons (Fsp3) is 0.389. The zero-order chi connectivity index (χ0) is 17.5. The molecule has 0 fully saturated rings. The molecule has 6 nitrogen and oxygen atoms in total. The van der Waals surface area contributed by atoms with Crippen LogP contribution < -0.4 is 16.6 Å². The van der Waals surface area contributed by atoms with Gasteiger partial charge in [-0.2, -0.15) is 5.26 Å². The fourth-order valence-electron chi connectivity index (χ4n) is 2.56. The zero-order valence-corrected chi connectivity index (χ0v) is 14.1. The maximum absolute atomic E-state index is 12.1. The van der Waals surface area contributed by atoms with Crippen molar-refractivity contribution in [1.82, 2.24) is 9.55 Å². The molecular formula is C18H22N4O2. The average Bonchev–Trinajstić information content (AvgIpc) is 2.55. The van der Waals surface area contributed by atoms with Gasteiger partial charge in [-0.25, -0.2) is 4.79 Å². The van der Waals surface area contributed by atoms with Crippen molar-refractivity contribution in [3.05, 3.63) is 56.2 Å². The van der Waals surface area contributed by atoms with E-state index in [0.717, 1.165) is 16.7 Å². The molecule has 0 atom stereocenters. The van der Waals surface area contributed by atoms with Gasteiger partial charge in [-0.3, -0.25) is 14.3 Å². The molecule has 0 unspecified atom stereocenters. The lowest BCUT2D eigenvalue weighted by atomic mass is 10.1. The van der Waals surface area contributed by atoms with Gasteiger partial charge in [-0.05, 0) is 49.4 Å². The average molecular weight is 326 g/mol. The van der Waals surface area contributed by atoms with Crippen LogP contribution in [0.25, 0.3) is 0 Å². The first-order valence-corrected chi connectivity index (χ1v) is 8.12. The highest BCUT2D eigenvalue weighted by atomic mass is 16.2.